The van der Waals surface area contributed by atoms with Crippen LogP contribution in [0.1, 0.15) is 52.9 Å². The third-order valence-electron chi connectivity index (χ3n) is 3.29. The van der Waals surface area contributed by atoms with Gasteiger partial charge in [0, 0.05) is 12.0 Å². The topological polar surface area (TPSA) is 41.1 Å². The average molecular weight is 226 g/mol. The van der Waals surface area contributed by atoms with Crippen molar-refractivity contribution in [2.75, 3.05) is 13.1 Å². The van der Waals surface area contributed by atoms with Gasteiger partial charge in [-0.25, -0.2) is 0 Å². The summed E-state index contributed by atoms with van der Waals surface area (Å²) in [6.07, 6.45) is 5.09. The van der Waals surface area contributed by atoms with Crippen molar-refractivity contribution in [2.24, 2.45) is 5.92 Å². The summed E-state index contributed by atoms with van der Waals surface area (Å²) in [5, 5.41) is 6.45. The molecule has 0 saturated carbocycles. The smallest absolute Gasteiger partial charge is 0.220 e. The average Bonchev–Trinajstić information content (AvgIpc) is 2.66. The van der Waals surface area contributed by atoms with Gasteiger partial charge in [-0.3, -0.25) is 4.79 Å². The van der Waals surface area contributed by atoms with Gasteiger partial charge in [0.25, 0.3) is 0 Å². The van der Waals surface area contributed by atoms with Crippen LogP contribution in [-0.2, 0) is 4.79 Å². The van der Waals surface area contributed by atoms with Crippen molar-refractivity contribution in [1.82, 2.24) is 10.6 Å². The first-order chi connectivity index (χ1) is 7.53. The maximum atomic E-state index is 11.8. The lowest BCUT2D eigenvalue weighted by atomic mass is 9.97. The molecule has 1 aliphatic heterocycles. The van der Waals surface area contributed by atoms with Crippen LogP contribution in [0.15, 0.2) is 0 Å². The molecule has 16 heavy (non-hydrogen) atoms. The summed E-state index contributed by atoms with van der Waals surface area (Å²) in [5.41, 5.74) is -0.0419. The molecule has 1 amide bonds. The van der Waals surface area contributed by atoms with Crippen LogP contribution in [0, 0.1) is 5.92 Å². The zero-order valence-electron chi connectivity index (χ0n) is 10.9. The normalized spacial score (nSPS) is 21.1. The van der Waals surface area contributed by atoms with E-state index in [0.717, 1.165) is 32.4 Å². The maximum absolute atomic E-state index is 11.8. The molecule has 0 aromatic rings. The van der Waals surface area contributed by atoms with Crippen LogP contribution < -0.4 is 10.6 Å². The summed E-state index contributed by atoms with van der Waals surface area (Å²) in [6.45, 7) is 8.56. The quantitative estimate of drug-likeness (QED) is 0.728. The van der Waals surface area contributed by atoms with Gasteiger partial charge in [-0.2, -0.15) is 0 Å². The molecule has 3 nitrogen and oxygen atoms in total. The lowest BCUT2D eigenvalue weighted by Gasteiger charge is -2.26. The Bertz CT molecular complexity index is 220. The van der Waals surface area contributed by atoms with Gasteiger partial charge in [-0.15, -0.1) is 0 Å². The predicted octanol–water partition coefficient (Wildman–Crippen LogP) is 2.07. The van der Waals surface area contributed by atoms with E-state index < -0.39 is 0 Å². The second kappa shape index (κ2) is 6.24. The van der Waals surface area contributed by atoms with Crippen molar-refractivity contribution < 1.29 is 4.79 Å². The SMILES string of the molecule is CCCC(C)(C)NC(=O)CCC1CCNC1. The highest BCUT2D eigenvalue weighted by atomic mass is 16.1. The number of carbonyl (C=O) groups is 1. The van der Waals surface area contributed by atoms with E-state index in [4.69, 9.17) is 0 Å². The van der Waals surface area contributed by atoms with Gasteiger partial charge < -0.3 is 10.6 Å². The Balaban J connectivity index is 2.19. The van der Waals surface area contributed by atoms with E-state index in [0.29, 0.717) is 12.3 Å². The second-order valence-corrected chi connectivity index (χ2v) is 5.58. The lowest BCUT2D eigenvalue weighted by molar-refractivity contribution is -0.123. The van der Waals surface area contributed by atoms with E-state index in [-0.39, 0.29) is 11.4 Å². The van der Waals surface area contributed by atoms with Crippen molar-refractivity contribution >= 4 is 5.91 Å². The number of hydrogen-bond donors (Lipinski definition) is 2. The van der Waals surface area contributed by atoms with Gasteiger partial charge in [0.05, 0.1) is 0 Å². The highest BCUT2D eigenvalue weighted by Crippen LogP contribution is 2.15. The van der Waals surface area contributed by atoms with Gasteiger partial charge >= 0.3 is 0 Å². The van der Waals surface area contributed by atoms with E-state index in [1.165, 1.54) is 6.42 Å². The molecule has 1 unspecified atom stereocenters. The Morgan fingerprint density at radius 3 is 2.81 bits per heavy atom. The molecule has 3 heteroatoms. The molecule has 1 heterocycles. The fourth-order valence-electron chi connectivity index (χ4n) is 2.42. The summed E-state index contributed by atoms with van der Waals surface area (Å²) < 4.78 is 0. The van der Waals surface area contributed by atoms with Gasteiger partial charge in [0.1, 0.15) is 0 Å². The minimum Gasteiger partial charge on any atom is -0.351 e. The first-order valence-corrected chi connectivity index (χ1v) is 6.55. The molecule has 2 N–H and O–H groups in total. The van der Waals surface area contributed by atoms with Crippen LogP contribution in [0.5, 0.6) is 0 Å². The number of nitrogens with one attached hydrogen (secondary N) is 2. The Hall–Kier alpha value is -0.570. The van der Waals surface area contributed by atoms with Gasteiger partial charge in [-0.1, -0.05) is 13.3 Å². The minimum absolute atomic E-state index is 0.0419. The molecule has 0 aliphatic carbocycles. The van der Waals surface area contributed by atoms with E-state index in [9.17, 15) is 4.79 Å². The van der Waals surface area contributed by atoms with E-state index in [1.54, 1.807) is 0 Å². The summed E-state index contributed by atoms with van der Waals surface area (Å²) in [4.78, 5) is 11.8. The van der Waals surface area contributed by atoms with Gasteiger partial charge in [0.15, 0.2) is 0 Å². The van der Waals surface area contributed by atoms with E-state index in [2.05, 4.69) is 31.4 Å². The Morgan fingerprint density at radius 1 is 1.50 bits per heavy atom. The van der Waals surface area contributed by atoms with Crippen LogP contribution in [-0.4, -0.2) is 24.5 Å². The maximum Gasteiger partial charge on any atom is 0.220 e. The van der Waals surface area contributed by atoms with Crippen LogP contribution in [0.3, 0.4) is 0 Å². The third kappa shape index (κ3) is 4.97. The highest BCUT2D eigenvalue weighted by molar-refractivity contribution is 5.76. The minimum atomic E-state index is -0.0419. The zero-order chi connectivity index (χ0) is 12.0. The van der Waals surface area contributed by atoms with Crippen molar-refractivity contribution in [2.45, 2.75) is 58.4 Å². The molecule has 1 fully saturated rings. The number of hydrogen-bond acceptors (Lipinski definition) is 2. The number of rotatable bonds is 6. The van der Waals surface area contributed by atoms with Crippen molar-refractivity contribution in [1.29, 1.82) is 0 Å². The molecule has 0 spiro atoms. The highest BCUT2D eigenvalue weighted by Gasteiger charge is 2.20. The Labute approximate surface area is 99.4 Å². The zero-order valence-corrected chi connectivity index (χ0v) is 10.9. The third-order valence-corrected chi connectivity index (χ3v) is 3.29. The number of amides is 1. The number of carbonyl (C=O) groups excluding carboxylic acids is 1. The van der Waals surface area contributed by atoms with E-state index >= 15 is 0 Å². The summed E-state index contributed by atoms with van der Waals surface area (Å²) >= 11 is 0. The van der Waals surface area contributed by atoms with Crippen molar-refractivity contribution in [3.05, 3.63) is 0 Å². The van der Waals surface area contributed by atoms with Gasteiger partial charge in [-0.05, 0) is 52.1 Å². The molecule has 0 aromatic heterocycles. The summed E-state index contributed by atoms with van der Waals surface area (Å²) in [5.74, 6) is 0.922. The first kappa shape index (κ1) is 13.5. The van der Waals surface area contributed by atoms with Crippen LogP contribution in [0.25, 0.3) is 0 Å². The molecule has 1 atom stereocenters. The molecular formula is C13H26N2O. The van der Waals surface area contributed by atoms with E-state index in [1.807, 2.05) is 0 Å². The molecule has 0 radical (unpaired) electrons. The molecule has 94 valence electrons. The summed E-state index contributed by atoms with van der Waals surface area (Å²) in [6, 6.07) is 0. The van der Waals surface area contributed by atoms with Crippen molar-refractivity contribution in [3.8, 4) is 0 Å². The van der Waals surface area contributed by atoms with Crippen LogP contribution >= 0.6 is 0 Å². The monoisotopic (exact) mass is 226 g/mol. The van der Waals surface area contributed by atoms with Crippen LogP contribution in [0.2, 0.25) is 0 Å². The summed E-state index contributed by atoms with van der Waals surface area (Å²) in [7, 11) is 0. The predicted molar refractivity (Wildman–Crippen MR) is 67.3 cm³/mol. The first-order valence-electron chi connectivity index (χ1n) is 6.55. The molecule has 1 saturated heterocycles. The Morgan fingerprint density at radius 2 is 2.25 bits per heavy atom. The standard InChI is InChI=1S/C13H26N2O/c1-4-8-13(2,3)15-12(16)6-5-11-7-9-14-10-11/h11,14H,4-10H2,1-3H3,(H,15,16). The van der Waals surface area contributed by atoms with Crippen molar-refractivity contribution in [3.63, 3.8) is 0 Å². The molecule has 1 rings (SSSR count). The molecule has 0 bridgehead atoms. The Kier molecular flexibility index (Phi) is 5.26. The molecule has 1 aliphatic rings. The van der Waals surface area contributed by atoms with Crippen LogP contribution in [0.4, 0.5) is 0 Å². The largest absolute Gasteiger partial charge is 0.351 e. The molecule has 0 aromatic carbocycles. The molecular weight excluding hydrogens is 200 g/mol. The van der Waals surface area contributed by atoms with Gasteiger partial charge in [0.2, 0.25) is 5.91 Å². The second-order valence-electron chi connectivity index (χ2n) is 5.58. The fourth-order valence-corrected chi connectivity index (χ4v) is 2.42. The lowest BCUT2D eigenvalue weighted by Crippen LogP contribution is -2.43. The fraction of sp³-hybridized carbons (Fsp3) is 0.923.